The van der Waals surface area contributed by atoms with Crippen LogP contribution in [0.3, 0.4) is 0 Å². The molecule has 128 valence electrons. The number of nitrogens with zero attached hydrogens (tertiary/aromatic N) is 1. The fraction of sp³-hybridized carbons (Fsp3) is 0.273. The standard InChI is InChI=1S/C22H23NO2/c1-16(22(24)25-2)14-19(15-17-8-4-3-5-9-17)21-20-11-7-6-10-18(20)12-13-23-21/h3-11,19H,1,12-15H2,2H3. The molecule has 1 unspecified atom stereocenters. The second-order valence-corrected chi connectivity index (χ2v) is 6.36. The molecule has 0 aliphatic carbocycles. The van der Waals surface area contributed by atoms with E-state index in [9.17, 15) is 4.79 Å². The zero-order chi connectivity index (χ0) is 17.6. The summed E-state index contributed by atoms with van der Waals surface area (Å²) in [5.74, 6) is -0.238. The van der Waals surface area contributed by atoms with Crippen LogP contribution in [0.15, 0.2) is 71.7 Å². The fourth-order valence-electron chi connectivity index (χ4n) is 3.41. The van der Waals surface area contributed by atoms with Gasteiger partial charge in [0.05, 0.1) is 7.11 Å². The van der Waals surface area contributed by atoms with Gasteiger partial charge in [-0.2, -0.15) is 0 Å². The Morgan fingerprint density at radius 3 is 2.64 bits per heavy atom. The third-order valence-corrected chi connectivity index (χ3v) is 4.64. The van der Waals surface area contributed by atoms with Gasteiger partial charge in [0.2, 0.25) is 0 Å². The van der Waals surface area contributed by atoms with Gasteiger partial charge < -0.3 is 4.74 Å². The number of hydrogen-bond acceptors (Lipinski definition) is 3. The molecule has 0 N–H and O–H groups in total. The number of rotatable bonds is 6. The number of ether oxygens (including phenoxy) is 1. The number of aliphatic imine (C=N–C) groups is 1. The van der Waals surface area contributed by atoms with Crippen molar-refractivity contribution in [3.8, 4) is 0 Å². The fourth-order valence-corrected chi connectivity index (χ4v) is 3.41. The molecule has 25 heavy (non-hydrogen) atoms. The molecule has 3 heteroatoms. The Morgan fingerprint density at radius 1 is 1.16 bits per heavy atom. The highest BCUT2D eigenvalue weighted by atomic mass is 16.5. The van der Waals surface area contributed by atoms with E-state index in [1.165, 1.54) is 23.8 Å². The molecule has 2 aromatic rings. The highest BCUT2D eigenvalue weighted by Gasteiger charge is 2.25. The van der Waals surface area contributed by atoms with Gasteiger partial charge in [0.15, 0.2) is 0 Å². The third kappa shape index (κ3) is 4.05. The number of benzene rings is 2. The zero-order valence-electron chi connectivity index (χ0n) is 14.6. The summed E-state index contributed by atoms with van der Waals surface area (Å²) < 4.78 is 4.84. The molecule has 1 aliphatic heterocycles. The SMILES string of the molecule is C=C(CC(Cc1ccccc1)C1=NCCc2ccccc21)C(=O)OC. The first-order valence-corrected chi connectivity index (χ1v) is 8.61. The molecule has 0 amide bonds. The van der Waals surface area contributed by atoms with Crippen LogP contribution < -0.4 is 0 Å². The van der Waals surface area contributed by atoms with E-state index in [0.717, 1.165) is 25.1 Å². The van der Waals surface area contributed by atoms with Gasteiger partial charge in [-0.25, -0.2) is 4.79 Å². The first-order valence-electron chi connectivity index (χ1n) is 8.61. The molecule has 0 spiro atoms. The van der Waals surface area contributed by atoms with Crippen molar-refractivity contribution in [3.63, 3.8) is 0 Å². The summed E-state index contributed by atoms with van der Waals surface area (Å²) in [4.78, 5) is 16.7. The molecular formula is C22H23NO2. The van der Waals surface area contributed by atoms with Crippen molar-refractivity contribution in [1.29, 1.82) is 0 Å². The third-order valence-electron chi connectivity index (χ3n) is 4.64. The largest absolute Gasteiger partial charge is 0.466 e. The van der Waals surface area contributed by atoms with Gasteiger partial charge in [0.25, 0.3) is 0 Å². The van der Waals surface area contributed by atoms with Gasteiger partial charge in [-0.05, 0) is 36.0 Å². The van der Waals surface area contributed by atoms with Crippen molar-refractivity contribution in [2.24, 2.45) is 10.9 Å². The highest BCUT2D eigenvalue weighted by Crippen LogP contribution is 2.27. The van der Waals surface area contributed by atoms with Gasteiger partial charge in [0.1, 0.15) is 0 Å². The molecule has 3 nitrogen and oxygen atoms in total. The van der Waals surface area contributed by atoms with Crippen LogP contribution in [-0.2, 0) is 22.4 Å². The van der Waals surface area contributed by atoms with Gasteiger partial charge in [-0.1, -0.05) is 61.2 Å². The van der Waals surface area contributed by atoms with Crippen LogP contribution in [-0.4, -0.2) is 25.3 Å². The van der Waals surface area contributed by atoms with Crippen molar-refractivity contribution < 1.29 is 9.53 Å². The van der Waals surface area contributed by atoms with Crippen LogP contribution in [0.5, 0.6) is 0 Å². The maximum Gasteiger partial charge on any atom is 0.333 e. The van der Waals surface area contributed by atoms with Crippen molar-refractivity contribution >= 4 is 11.7 Å². The summed E-state index contributed by atoms with van der Waals surface area (Å²) in [5.41, 5.74) is 5.34. The molecule has 0 aromatic heterocycles. The number of carbonyl (C=O) groups excluding carboxylic acids is 1. The number of hydrogen-bond donors (Lipinski definition) is 0. The number of methoxy groups -OCH3 is 1. The van der Waals surface area contributed by atoms with Crippen molar-refractivity contribution in [3.05, 3.63) is 83.4 Å². The molecule has 0 saturated carbocycles. The molecule has 0 bridgehead atoms. The molecule has 1 atom stereocenters. The van der Waals surface area contributed by atoms with Crippen LogP contribution >= 0.6 is 0 Å². The number of fused-ring (bicyclic) bond motifs is 1. The Hall–Kier alpha value is -2.68. The summed E-state index contributed by atoms with van der Waals surface area (Å²) >= 11 is 0. The number of esters is 1. The lowest BCUT2D eigenvalue weighted by Crippen LogP contribution is -2.25. The lowest BCUT2D eigenvalue weighted by atomic mass is 9.83. The lowest BCUT2D eigenvalue weighted by Gasteiger charge is -2.25. The van der Waals surface area contributed by atoms with Gasteiger partial charge in [0, 0.05) is 23.7 Å². The summed E-state index contributed by atoms with van der Waals surface area (Å²) in [6, 6.07) is 18.7. The maximum atomic E-state index is 11.9. The average Bonchev–Trinajstić information content (AvgIpc) is 2.67. The molecule has 1 heterocycles. The minimum Gasteiger partial charge on any atom is -0.466 e. The van der Waals surface area contributed by atoms with Gasteiger partial charge in [-0.15, -0.1) is 0 Å². The molecule has 2 aromatic carbocycles. The number of carbonyl (C=O) groups is 1. The Labute approximate surface area is 149 Å². The van der Waals surface area contributed by atoms with E-state index in [1.54, 1.807) is 0 Å². The predicted molar refractivity (Wildman–Crippen MR) is 101 cm³/mol. The van der Waals surface area contributed by atoms with E-state index in [2.05, 4.69) is 36.9 Å². The van der Waals surface area contributed by atoms with Crippen LogP contribution in [0.2, 0.25) is 0 Å². The van der Waals surface area contributed by atoms with Gasteiger partial charge >= 0.3 is 5.97 Å². The minimum atomic E-state index is -0.345. The van der Waals surface area contributed by atoms with Crippen LogP contribution in [0.1, 0.15) is 23.1 Å². The highest BCUT2D eigenvalue weighted by molar-refractivity contribution is 6.05. The summed E-state index contributed by atoms with van der Waals surface area (Å²) in [6.07, 6.45) is 2.34. The van der Waals surface area contributed by atoms with E-state index < -0.39 is 0 Å². The van der Waals surface area contributed by atoms with E-state index >= 15 is 0 Å². The topological polar surface area (TPSA) is 38.7 Å². The Morgan fingerprint density at radius 2 is 1.88 bits per heavy atom. The van der Waals surface area contributed by atoms with E-state index in [4.69, 9.17) is 9.73 Å². The Bertz CT molecular complexity index is 793. The zero-order valence-corrected chi connectivity index (χ0v) is 14.6. The minimum absolute atomic E-state index is 0.107. The monoisotopic (exact) mass is 333 g/mol. The first kappa shape index (κ1) is 17.2. The summed E-state index contributed by atoms with van der Waals surface area (Å²) in [5, 5.41) is 0. The van der Waals surface area contributed by atoms with Crippen LogP contribution in [0, 0.1) is 5.92 Å². The van der Waals surface area contributed by atoms with Crippen LogP contribution in [0.4, 0.5) is 0 Å². The lowest BCUT2D eigenvalue weighted by molar-refractivity contribution is -0.136. The smallest absolute Gasteiger partial charge is 0.333 e. The second-order valence-electron chi connectivity index (χ2n) is 6.36. The maximum absolute atomic E-state index is 11.9. The first-order chi connectivity index (χ1) is 12.2. The van der Waals surface area contributed by atoms with Crippen LogP contribution in [0.25, 0.3) is 0 Å². The Balaban J connectivity index is 1.92. The summed E-state index contributed by atoms with van der Waals surface area (Å²) in [6.45, 7) is 4.72. The van der Waals surface area contributed by atoms with Gasteiger partial charge in [-0.3, -0.25) is 4.99 Å². The van der Waals surface area contributed by atoms with E-state index in [0.29, 0.717) is 12.0 Å². The molecule has 3 rings (SSSR count). The van der Waals surface area contributed by atoms with Crippen molar-refractivity contribution in [1.82, 2.24) is 0 Å². The quantitative estimate of drug-likeness (QED) is 0.592. The van der Waals surface area contributed by atoms with Crippen molar-refractivity contribution in [2.75, 3.05) is 13.7 Å². The van der Waals surface area contributed by atoms with E-state index in [-0.39, 0.29) is 11.9 Å². The van der Waals surface area contributed by atoms with E-state index in [1.807, 2.05) is 24.3 Å². The van der Waals surface area contributed by atoms with Crippen molar-refractivity contribution in [2.45, 2.75) is 19.3 Å². The molecule has 0 saturated heterocycles. The molecular weight excluding hydrogens is 310 g/mol. The normalized spacial score (nSPS) is 14.2. The average molecular weight is 333 g/mol. The summed E-state index contributed by atoms with van der Waals surface area (Å²) in [7, 11) is 1.40. The Kier molecular flexibility index (Phi) is 5.44. The predicted octanol–water partition coefficient (Wildman–Crippen LogP) is 4.01. The molecule has 0 fully saturated rings. The second kappa shape index (κ2) is 7.93. The molecule has 1 aliphatic rings. The molecule has 0 radical (unpaired) electrons.